The Morgan fingerprint density at radius 3 is 2.50 bits per heavy atom. The predicted molar refractivity (Wildman–Crippen MR) is 172 cm³/mol. The van der Waals surface area contributed by atoms with Crippen LogP contribution in [0.4, 0.5) is 29.3 Å². The van der Waals surface area contributed by atoms with Crippen molar-refractivity contribution in [3.05, 3.63) is 56.7 Å². The maximum Gasteiger partial charge on any atom is 0.416 e. The van der Waals surface area contributed by atoms with Gasteiger partial charge in [0, 0.05) is 19.1 Å². The van der Waals surface area contributed by atoms with E-state index in [1.165, 1.54) is 4.52 Å². The molecule has 1 aromatic carbocycles. The first-order valence-corrected chi connectivity index (χ1v) is 16.3. The zero-order valence-electron chi connectivity index (χ0n) is 27.1. The Morgan fingerprint density at radius 1 is 1.15 bits per heavy atom. The highest BCUT2D eigenvalue weighted by atomic mass is 35.5. The minimum absolute atomic E-state index is 0.00935. The molecule has 1 saturated carbocycles. The Balaban J connectivity index is 1.39. The van der Waals surface area contributed by atoms with E-state index >= 15 is 0 Å². The molecule has 0 radical (unpaired) electrons. The highest BCUT2D eigenvalue weighted by Gasteiger charge is 2.47. The van der Waals surface area contributed by atoms with Crippen molar-refractivity contribution in [1.82, 2.24) is 24.1 Å². The summed E-state index contributed by atoms with van der Waals surface area (Å²) in [5.41, 5.74) is -0.273. The number of hydrogen-bond acceptors (Lipinski definition) is 8. The Labute approximate surface area is 279 Å². The summed E-state index contributed by atoms with van der Waals surface area (Å²) in [4.78, 5) is 49.3. The molecule has 1 N–H and O–H groups in total. The van der Waals surface area contributed by atoms with Crippen molar-refractivity contribution in [3.63, 3.8) is 0 Å². The Morgan fingerprint density at radius 2 is 1.90 bits per heavy atom. The minimum atomic E-state index is -4.59. The standard InChI is InChI=1S/C32H37ClF3N7O5/c1-5-22-26(40-12-13-41(24-9-8-23(24)40)30(46)48-31(2,3)4)28(45)43-29(38-27(39-43)18-10-14-47-15-11-18)42(22)17-25(44)37-21-7-6-19(16-20(21)33)32(34,35)36/h6-7,10,16,23-24H,5,8-9,11-15,17H2,1-4H3,(H,37,44)/t23-,24+/m0/s1. The van der Waals surface area contributed by atoms with Gasteiger partial charge in [-0.15, -0.1) is 5.10 Å². The van der Waals surface area contributed by atoms with Gasteiger partial charge in [-0.05, 0) is 70.2 Å². The van der Waals surface area contributed by atoms with Crippen molar-refractivity contribution >= 4 is 46.3 Å². The van der Waals surface area contributed by atoms with E-state index in [4.69, 9.17) is 26.1 Å². The fraction of sp³-hybridized carbons (Fsp3) is 0.531. The van der Waals surface area contributed by atoms with Crippen LogP contribution in [0.15, 0.2) is 29.1 Å². The molecule has 16 heteroatoms. The second kappa shape index (κ2) is 12.7. The molecular weight excluding hydrogens is 655 g/mol. The lowest BCUT2D eigenvalue weighted by atomic mass is 9.81. The van der Waals surface area contributed by atoms with E-state index < -0.39 is 34.9 Å². The van der Waals surface area contributed by atoms with Gasteiger partial charge in [-0.2, -0.15) is 22.7 Å². The molecule has 2 amide bonds. The number of hydrogen-bond donors (Lipinski definition) is 1. The molecule has 3 aromatic rings. The van der Waals surface area contributed by atoms with Gasteiger partial charge in [0.05, 0.1) is 41.2 Å². The third-order valence-corrected chi connectivity index (χ3v) is 9.10. The predicted octanol–water partition coefficient (Wildman–Crippen LogP) is 5.16. The molecule has 3 aliphatic rings. The van der Waals surface area contributed by atoms with Crippen molar-refractivity contribution < 1.29 is 32.2 Å². The number of carbonyl (C=O) groups excluding carboxylic acids is 2. The average Bonchev–Trinajstić information content (AvgIpc) is 3.45. The van der Waals surface area contributed by atoms with Gasteiger partial charge >= 0.3 is 12.3 Å². The third kappa shape index (κ3) is 6.49. The minimum Gasteiger partial charge on any atom is -0.444 e. The van der Waals surface area contributed by atoms with Gasteiger partial charge in [-0.25, -0.2) is 4.79 Å². The number of carbonyl (C=O) groups is 2. The third-order valence-electron chi connectivity index (χ3n) is 8.78. The Bertz CT molecular complexity index is 1850. The molecule has 1 saturated heterocycles. The van der Waals surface area contributed by atoms with E-state index in [1.807, 2.05) is 38.7 Å². The van der Waals surface area contributed by atoms with Crippen LogP contribution in [-0.4, -0.2) is 80.1 Å². The summed E-state index contributed by atoms with van der Waals surface area (Å²) in [6.07, 6.45) is -0.762. The topological polar surface area (TPSA) is 123 Å². The van der Waals surface area contributed by atoms with Crippen LogP contribution in [0.25, 0.3) is 11.4 Å². The molecule has 0 spiro atoms. The molecule has 0 unspecified atom stereocenters. The summed E-state index contributed by atoms with van der Waals surface area (Å²) >= 11 is 6.13. The summed E-state index contributed by atoms with van der Waals surface area (Å²) in [7, 11) is 0. The SMILES string of the molecule is CCc1c(N2CCN(C(=O)OC(C)(C)C)[C@@H]3CC[C@@H]32)c(=O)n2nc(C3=CCOCC3)nc2n1CC(=O)Nc1ccc(C(F)(F)F)cc1Cl. The van der Waals surface area contributed by atoms with Crippen LogP contribution in [0.3, 0.4) is 0 Å². The fourth-order valence-corrected chi connectivity index (χ4v) is 6.68. The first kappa shape index (κ1) is 33.8. The number of aromatic nitrogens is 4. The van der Waals surface area contributed by atoms with Crippen LogP contribution in [0.5, 0.6) is 0 Å². The monoisotopic (exact) mass is 691 g/mol. The molecule has 258 valence electrons. The number of nitrogens with zero attached hydrogens (tertiary/aromatic N) is 6. The van der Waals surface area contributed by atoms with Crippen LogP contribution in [-0.2, 0) is 33.4 Å². The summed E-state index contributed by atoms with van der Waals surface area (Å²) in [5.74, 6) is -0.103. The number of rotatable bonds is 6. The molecule has 48 heavy (non-hydrogen) atoms. The van der Waals surface area contributed by atoms with E-state index in [0.29, 0.717) is 56.4 Å². The van der Waals surface area contributed by atoms with Gasteiger partial charge in [0.2, 0.25) is 11.7 Å². The molecular formula is C32H37ClF3N7O5. The first-order valence-electron chi connectivity index (χ1n) is 15.9. The van der Waals surface area contributed by atoms with E-state index in [-0.39, 0.29) is 35.1 Å². The molecule has 2 aliphatic heterocycles. The number of fused-ring (bicyclic) bond motifs is 2. The highest BCUT2D eigenvalue weighted by molar-refractivity contribution is 6.33. The summed E-state index contributed by atoms with van der Waals surface area (Å²) in [5, 5.41) is 6.93. The van der Waals surface area contributed by atoms with Crippen molar-refractivity contribution in [1.29, 1.82) is 0 Å². The first-order chi connectivity index (χ1) is 22.7. The van der Waals surface area contributed by atoms with E-state index in [0.717, 1.165) is 36.6 Å². The summed E-state index contributed by atoms with van der Waals surface area (Å²) in [6, 6.07) is 2.38. The molecule has 4 heterocycles. The maximum atomic E-state index is 14.3. The Kier molecular flexibility index (Phi) is 8.96. The molecule has 1 aliphatic carbocycles. The number of amides is 2. The zero-order valence-corrected chi connectivity index (χ0v) is 27.8. The van der Waals surface area contributed by atoms with Crippen LogP contribution in [0.1, 0.15) is 64.0 Å². The normalized spacial score (nSPS) is 19.9. The van der Waals surface area contributed by atoms with Gasteiger partial charge in [-0.3, -0.25) is 9.59 Å². The molecule has 0 bridgehead atoms. The number of halogens is 4. The number of piperazine rings is 1. The lowest BCUT2D eigenvalue weighted by Gasteiger charge is -2.54. The largest absolute Gasteiger partial charge is 0.444 e. The van der Waals surface area contributed by atoms with E-state index in [1.54, 1.807) is 9.47 Å². The number of alkyl halides is 3. The van der Waals surface area contributed by atoms with Crippen LogP contribution < -0.4 is 15.8 Å². The summed E-state index contributed by atoms with van der Waals surface area (Å²) in [6.45, 7) is 8.51. The maximum absolute atomic E-state index is 14.3. The van der Waals surface area contributed by atoms with Gasteiger partial charge in [0.25, 0.3) is 5.56 Å². The number of nitrogens with one attached hydrogen (secondary N) is 1. The number of benzene rings is 1. The van der Waals surface area contributed by atoms with E-state index in [2.05, 4.69) is 10.4 Å². The van der Waals surface area contributed by atoms with Gasteiger partial charge < -0.3 is 29.2 Å². The van der Waals surface area contributed by atoms with Crippen molar-refractivity contribution in [2.75, 3.05) is 36.5 Å². The second-order valence-corrected chi connectivity index (χ2v) is 13.5. The van der Waals surface area contributed by atoms with Crippen molar-refractivity contribution in [3.8, 4) is 0 Å². The van der Waals surface area contributed by atoms with Crippen LogP contribution in [0, 0.1) is 0 Å². The van der Waals surface area contributed by atoms with Crippen molar-refractivity contribution in [2.24, 2.45) is 0 Å². The fourth-order valence-electron chi connectivity index (χ4n) is 6.46. The van der Waals surface area contributed by atoms with E-state index in [9.17, 15) is 27.6 Å². The van der Waals surface area contributed by atoms with Gasteiger partial charge in [-0.1, -0.05) is 24.6 Å². The second-order valence-electron chi connectivity index (χ2n) is 13.1. The smallest absolute Gasteiger partial charge is 0.416 e. The lowest BCUT2D eigenvalue weighted by molar-refractivity contribution is -0.137. The molecule has 12 nitrogen and oxygen atoms in total. The Hall–Kier alpha value is -4.11. The van der Waals surface area contributed by atoms with Gasteiger partial charge in [0.1, 0.15) is 17.8 Å². The lowest BCUT2D eigenvalue weighted by Crippen LogP contribution is -2.67. The quantitative estimate of drug-likeness (QED) is 0.377. The van der Waals surface area contributed by atoms with Crippen LogP contribution >= 0.6 is 11.6 Å². The zero-order chi connectivity index (χ0) is 34.5. The molecule has 6 rings (SSSR count). The summed E-state index contributed by atoms with van der Waals surface area (Å²) < 4.78 is 53.5. The molecule has 2 atom stereocenters. The highest BCUT2D eigenvalue weighted by Crippen LogP contribution is 2.38. The molecule has 2 aromatic heterocycles. The van der Waals surface area contributed by atoms with Crippen molar-refractivity contribution in [2.45, 2.75) is 83.8 Å². The number of ether oxygens (including phenoxy) is 2. The van der Waals surface area contributed by atoms with Gasteiger partial charge in [0.15, 0.2) is 5.82 Å². The number of anilines is 2. The average molecular weight is 692 g/mol. The molecule has 2 fully saturated rings. The van der Waals surface area contributed by atoms with Crippen LogP contribution in [0.2, 0.25) is 5.02 Å².